The van der Waals surface area contributed by atoms with E-state index in [-0.39, 0.29) is 0 Å². The Labute approximate surface area is 69.6 Å². The summed E-state index contributed by atoms with van der Waals surface area (Å²) in [5.41, 5.74) is 5.24. The Morgan fingerprint density at radius 1 is 1.56 bits per heavy atom. The van der Waals surface area contributed by atoms with Gasteiger partial charge in [-0.2, -0.15) is 11.8 Å². The number of halogens is 2. The summed E-state index contributed by atoms with van der Waals surface area (Å²) in [6.07, 6.45) is 1.75. The van der Waals surface area contributed by atoms with Gasteiger partial charge in [0.05, 0.1) is 0 Å². The van der Waals surface area contributed by atoms with Crippen LogP contribution in [-0.4, -0.2) is 18.1 Å². The van der Waals surface area contributed by atoms with E-state index in [1.54, 1.807) is 17.8 Å². The lowest BCUT2D eigenvalue weighted by molar-refractivity contribution is 1.15. The topological polar surface area (TPSA) is 26.0 Å². The van der Waals surface area contributed by atoms with E-state index < -0.39 is 0 Å². The Balaban J connectivity index is 3.00. The van der Waals surface area contributed by atoms with Crippen molar-refractivity contribution < 1.29 is 0 Å². The van der Waals surface area contributed by atoms with E-state index in [9.17, 15) is 0 Å². The fourth-order valence-electron chi connectivity index (χ4n) is 0.289. The molecule has 0 rings (SSSR count). The highest BCUT2D eigenvalue weighted by molar-refractivity contribution is 7.99. The first kappa shape index (κ1) is 9.63. The van der Waals surface area contributed by atoms with Crippen LogP contribution in [0, 0.1) is 0 Å². The maximum absolute atomic E-state index is 5.34. The van der Waals surface area contributed by atoms with E-state index in [0.717, 1.165) is 11.5 Å². The maximum Gasteiger partial charge on any atom is 0.103 e. The quantitative estimate of drug-likeness (QED) is 0.679. The van der Waals surface area contributed by atoms with Crippen molar-refractivity contribution in [3.05, 3.63) is 10.6 Å². The van der Waals surface area contributed by atoms with E-state index in [1.807, 2.05) is 0 Å². The van der Waals surface area contributed by atoms with Crippen molar-refractivity contribution in [2.45, 2.75) is 0 Å². The van der Waals surface area contributed by atoms with Gasteiger partial charge in [-0.15, -0.1) is 0 Å². The number of thioether (sulfide) groups is 1. The van der Waals surface area contributed by atoms with Gasteiger partial charge in [0.15, 0.2) is 0 Å². The van der Waals surface area contributed by atoms with Crippen LogP contribution in [0.5, 0.6) is 0 Å². The summed E-state index contributed by atoms with van der Waals surface area (Å²) >= 11 is 12.4. The van der Waals surface area contributed by atoms with Crippen LogP contribution in [0.2, 0.25) is 0 Å². The monoisotopic (exact) mass is 185 g/mol. The van der Waals surface area contributed by atoms with Crippen molar-refractivity contribution in [1.82, 2.24) is 0 Å². The lowest BCUT2D eigenvalue weighted by Crippen LogP contribution is -2.01. The van der Waals surface area contributed by atoms with Crippen molar-refractivity contribution in [2.75, 3.05) is 18.1 Å². The molecule has 0 aromatic rings. The molecule has 0 spiro atoms. The fraction of sp³-hybridized carbons (Fsp3) is 0.600. The van der Waals surface area contributed by atoms with Crippen molar-refractivity contribution in [1.29, 1.82) is 0 Å². The standard InChI is InChI=1S/C5H9Cl2NS/c6-5(7)1-3-9-4-2-8/h1H,2-4,8H2. The third kappa shape index (κ3) is 8.63. The predicted octanol–water partition coefficient (Wildman–Crippen LogP) is 2.00. The Kier molecular flexibility index (Phi) is 7.22. The minimum Gasteiger partial charge on any atom is -0.330 e. The molecule has 0 aliphatic heterocycles. The zero-order valence-electron chi connectivity index (χ0n) is 4.94. The number of nitrogens with two attached hydrogens (primary N) is 1. The predicted molar refractivity (Wildman–Crippen MR) is 46.2 cm³/mol. The minimum absolute atomic E-state index is 0.333. The van der Waals surface area contributed by atoms with Gasteiger partial charge in [-0.3, -0.25) is 0 Å². The molecule has 0 aromatic carbocycles. The van der Waals surface area contributed by atoms with Crippen molar-refractivity contribution in [3.63, 3.8) is 0 Å². The number of hydrogen-bond acceptors (Lipinski definition) is 2. The Morgan fingerprint density at radius 2 is 2.22 bits per heavy atom. The molecule has 0 fully saturated rings. The molecule has 0 aromatic heterocycles. The first-order chi connectivity index (χ1) is 4.27. The molecular formula is C5H9Cl2NS. The van der Waals surface area contributed by atoms with Crippen LogP contribution in [0.25, 0.3) is 0 Å². The minimum atomic E-state index is 0.333. The Hall–Kier alpha value is 0.630. The summed E-state index contributed by atoms with van der Waals surface area (Å²) in [6.45, 7) is 0.707. The smallest absolute Gasteiger partial charge is 0.103 e. The van der Waals surface area contributed by atoms with Crippen LogP contribution in [0.3, 0.4) is 0 Å². The molecule has 0 aliphatic rings. The van der Waals surface area contributed by atoms with Crippen LogP contribution in [0.4, 0.5) is 0 Å². The molecular weight excluding hydrogens is 177 g/mol. The average Bonchev–Trinajstić information content (AvgIpc) is 1.80. The lowest BCUT2D eigenvalue weighted by atomic mass is 10.8. The molecule has 0 unspecified atom stereocenters. The molecule has 2 N–H and O–H groups in total. The molecule has 0 radical (unpaired) electrons. The first-order valence-electron chi connectivity index (χ1n) is 2.56. The molecule has 0 bridgehead atoms. The van der Waals surface area contributed by atoms with Gasteiger partial charge in [0.2, 0.25) is 0 Å². The summed E-state index contributed by atoms with van der Waals surface area (Å²) in [5, 5.41) is 0. The summed E-state index contributed by atoms with van der Waals surface area (Å²) in [7, 11) is 0. The van der Waals surface area contributed by atoms with Crippen LogP contribution in [0.1, 0.15) is 0 Å². The highest BCUT2D eigenvalue weighted by atomic mass is 35.5. The van der Waals surface area contributed by atoms with Crippen molar-refractivity contribution in [3.8, 4) is 0 Å². The number of rotatable bonds is 4. The zero-order chi connectivity index (χ0) is 7.11. The molecule has 9 heavy (non-hydrogen) atoms. The summed E-state index contributed by atoms with van der Waals surface area (Å²) < 4.78 is 0.333. The summed E-state index contributed by atoms with van der Waals surface area (Å²) in [4.78, 5) is 0. The van der Waals surface area contributed by atoms with E-state index in [1.165, 1.54) is 0 Å². The second-order valence-corrected chi connectivity index (χ2v) is 3.52. The van der Waals surface area contributed by atoms with Gasteiger partial charge in [0.25, 0.3) is 0 Å². The van der Waals surface area contributed by atoms with Gasteiger partial charge in [0, 0.05) is 18.1 Å². The first-order valence-corrected chi connectivity index (χ1v) is 4.47. The van der Waals surface area contributed by atoms with E-state index in [2.05, 4.69) is 0 Å². The second-order valence-electron chi connectivity index (χ2n) is 1.36. The molecule has 1 nitrogen and oxygen atoms in total. The SMILES string of the molecule is NCCSCC=C(Cl)Cl. The van der Waals surface area contributed by atoms with Gasteiger partial charge in [-0.05, 0) is 6.08 Å². The maximum atomic E-state index is 5.34. The molecule has 0 atom stereocenters. The van der Waals surface area contributed by atoms with Crippen molar-refractivity contribution in [2.24, 2.45) is 5.73 Å². The molecule has 0 heterocycles. The average molecular weight is 186 g/mol. The summed E-state index contributed by atoms with van der Waals surface area (Å²) in [5.74, 6) is 1.80. The largest absolute Gasteiger partial charge is 0.330 e. The fourth-order valence-corrected chi connectivity index (χ4v) is 1.24. The third-order valence-corrected chi connectivity index (χ3v) is 1.85. The van der Waals surface area contributed by atoms with Crippen molar-refractivity contribution >= 4 is 35.0 Å². The van der Waals surface area contributed by atoms with Crippen LogP contribution in [0.15, 0.2) is 10.6 Å². The summed E-state index contributed by atoms with van der Waals surface area (Å²) in [6, 6.07) is 0. The molecule has 0 saturated carbocycles. The molecule has 0 amide bonds. The third-order valence-electron chi connectivity index (χ3n) is 0.618. The zero-order valence-corrected chi connectivity index (χ0v) is 7.27. The normalized spacial score (nSPS) is 9.22. The van der Waals surface area contributed by atoms with E-state index in [0.29, 0.717) is 11.0 Å². The van der Waals surface area contributed by atoms with E-state index in [4.69, 9.17) is 28.9 Å². The van der Waals surface area contributed by atoms with Crippen LogP contribution >= 0.6 is 35.0 Å². The highest BCUT2D eigenvalue weighted by Crippen LogP contribution is 2.08. The number of hydrogen-bond donors (Lipinski definition) is 1. The van der Waals surface area contributed by atoms with E-state index >= 15 is 0 Å². The molecule has 0 saturated heterocycles. The van der Waals surface area contributed by atoms with Gasteiger partial charge >= 0.3 is 0 Å². The van der Waals surface area contributed by atoms with Gasteiger partial charge in [-0.1, -0.05) is 23.2 Å². The lowest BCUT2D eigenvalue weighted by Gasteiger charge is -1.90. The molecule has 54 valence electrons. The van der Waals surface area contributed by atoms with Crippen LogP contribution < -0.4 is 5.73 Å². The Bertz CT molecular complexity index is 91.0. The Morgan fingerprint density at radius 3 is 2.67 bits per heavy atom. The van der Waals surface area contributed by atoms with Crippen LogP contribution in [-0.2, 0) is 0 Å². The van der Waals surface area contributed by atoms with Gasteiger partial charge in [0.1, 0.15) is 4.49 Å². The highest BCUT2D eigenvalue weighted by Gasteiger charge is 1.84. The second kappa shape index (κ2) is 6.75. The molecule has 4 heteroatoms. The molecule has 0 aliphatic carbocycles. The van der Waals surface area contributed by atoms with Gasteiger partial charge < -0.3 is 5.73 Å². The van der Waals surface area contributed by atoms with Gasteiger partial charge in [-0.25, -0.2) is 0 Å².